The molecule has 6 heteroatoms. The standard InChI is InChI=1S/CH2O3.H3N.O.V/c2-1(3)4;;;/h(H2,2,3,4);1H3;;. The molecule has 0 aliphatic heterocycles. The zero-order valence-electron chi connectivity index (χ0n) is 3.62. The Bertz CT molecular complexity index is 43.0. The second-order valence-corrected chi connectivity index (χ2v) is 0.266. The fraction of sp³-hybridized carbons (Fsp3) is 0. The van der Waals surface area contributed by atoms with E-state index in [4.69, 9.17) is 18.7 Å². The number of quaternary nitrogens is 1. The van der Waals surface area contributed by atoms with Crippen LogP contribution in [0.3, 0.4) is 0 Å². The third kappa shape index (κ3) is 493. The molecule has 0 aromatic carbocycles. The predicted molar refractivity (Wildman–Crippen MR) is 14.7 cm³/mol. The van der Waals surface area contributed by atoms with E-state index in [1.54, 1.807) is 0 Å². The molecule has 0 aromatic rings. The predicted octanol–water partition coefficient (Wildman–Crippen LogP) is -0.857. The van der Waals surface area contributed by atoms with Crippen LogP contribution >= 0.6 is 0 Å². The average molecular weight is 146 g/mol. The van der Waals surface area contributed by atoms with Crippen molar-refractivity contribution in [3.63, 3.8) is 0 Å². The van der Waals surface area contributed by atoms with E-state index < -0.39 is 6.16 Å². The Hall–Kier alpha value is -0.386. The van der Waals surface area contributed by atoms with Crippen LogP contribution in [0, 0.1) is 0 Å². The van der Waals surface area contributed by atoms with Gasteiger partial charge in [0.15, 0.2) is 0 Å². The normalized spacial score (nSPS) is 3.86. The van der Waals surface area contributed by atoms with Gasteiger partial charge in [0.2, 0.25) is 6.16 Å². The zero-order valence-corrected chi connectivity index (χ0v) is 5.02. The first-order chi connectivity index (χ1) is 2.73. The maximum atomic E-state index is 8.44. The van der Waals surface area contributed by atoms with Crippen LogP contribution in [0.25, 0.3) is 0 Å². The molecule has 0 fully saturated rings. The Morgan fingerprint density at radius 1 is 1.57 bits per heavy atom. The molecule has 0 aromatic heterocycles. The molecule has 43 valence electrons. The number of hydrogen-bond donors (Lipinski definition) is 2. The van der Waals surface area contributed by atoms with Crippen molar-refractivity contribution in [2.75, 3.05) is 0 Å². The van der Waals surface area contributed by atoms with E-state index in [1.165, 1.54) is 0 Å². The first kappa shape index (κ1) is 16.0. The van der Waals surface area contributed by atoms with Crippen LogP contribution in [-0.2, 0) is 21.0 Å². The molecule has 5 N–H and O–H groups in total. The summed E-state index contributed by atoms with van der Waals surface area (Å²) < 4.78 is 8.19. The molecule has 0 spiro atoms. The molecule has 0 heterocycles. The second kappa shape index (κ2) is 17.5. The summed E-state index contributed by atoms with van der Waals surface area (Å²) in [6.45, 7) is 0. The van der Waals surface area contributed by atoms with Crippen LogP contribution in [-0.4, -0.2) is 11.3 Å². The maximum absolute atomic E-state index is 8.44. The van der Waals surface area contributed by atoms with Crippen LogP contribution in [0.2, 0.25) is 0 Å². The third-order valence-corrected chi connectivity index (χ3v) is 0. The van der Waals surface area contributed by atoms with Crippen LogP contribution < -0.4 is 11.3 Å². The summed E-state index contributed by atoms with van der Waals surface area (Å²) in [4.78, 5) is 8.44. The molecule has 0 unspecified atom stereocenters. The number of carboxylic acid groups (broad SMARTS) is 2. The van der Waals surface area contributed by atoms with Gasteiger partial charge in [-0.3, -0.25) is 0 Å². The van der Waals surface area contributed by atoms with Crippen LogP contribution in [0.15, 0.2) is 0 Å². The number of carbonyl (C=O) groups is 1. The van der Waals surface area contributed by atoms with Crippen molar-refractivity contribution < 1.29 is 36.1 Å². The summed E-state index contributed by atoms with van der Waals surface area (Å²) in [5.74, 6) is 0. The van der Waals surface area contributed by atoms with Gasteiger partial charge in [-0.2, -0.15) is 0 Å². The van der Waals surface area contributed by atoms with E-state index in [0.29, 0.717) is 0 Å². The Labute approximate surface area is 49.1 Å². The minimum atomic E-state index is -2.08. The van der Waals surface area contributed by atoms with E-state index >= 15 is 0 Å². The quantitative estimate of drug-likeness (QED) is 0.462. The fourth-order valence-electron chi connectivity index (χ4n) is 0. The van der Waals surface area contributed by atoms with Gasteiger partial charge in [0.1, 0.15) is 0 Å². The summed E-state index contributed by atoms with van der Waals surface area (Å²) in [5, 5.41) is 15.3. The van der Waals surface area contributed by atoms with Gasteiger partial charge in [0.25, 0.3) is 0 Å². The van der Waals surface area contributed by atoms with Crippen molar-refractivity contribution in [2.24, 2.45) is 0 Å². The van der Waals surface area contributed by atoms with Crippen LogP contribution in [0.5, 0.6) is 0 Å². The average Bonchev–Trinajstić information content (AvgIpc) is 1.41. The van der Waals surface area contributed by atoms with Crippen LogP contribution in [0.1, 0.15) is 0 Å². The van der Waals surface area contributed by atoms with Crippen molar-refractivity contribution in [1.29, 1.82) is 0 Å². The van der Waals surface area contributed by atoms with Gasteiger partial charge in [-0.05, 0) is 0 Å². The van der Waals surface area contributed by atoms with E-state index in [1.807, 2.05) is 0 Å². The van der Waals surface area contributed by atoms with Gasteiger partial charge >= 0.3 is 21.0 Å². The summed E-state index contributed by atoms with van der Waals surface area (Å²) >= 11 is 1.06. The molecule has 0 aliphatic carbocycles. The summed E-state index contributed by atoms with van der Waals surface area (Å²) in [5.41, 5.74) is 0. The summed E-state index contributed by atoms with van der Waals surface area (Å²) in [6.07, 6.45) is -2.08. The van der Waals surface area contributed by atoms with Crippen molar-refractivity contribution in [2.45, 2.75) is 0 Å². The monoisotopic (exact) mass is 146 g/mol. The van der Waals surface area contributed by atoms with E-state index in [9.17, 15) is 0 Å². The number of hydrogen-bond acceptors (Lipinski definition) is 3. The Morgan fingerprint density at radius 2 is 1.57 bits per heavy atom. The molecule has 0 saturated heterocycles. The molecular formula is CH5NO4V. The summed E-state index contributed by atoms with van der Waals surface area (Å²) in [6, 6.07) is 0. The van der Waals surface area contributed by atoms with Gasteiger partial charge in [0.05, 0.1) is 0 Å². The second-order valence-electron chi connectivity index (χ2n) is 0.266. The van der Waals surface area contributed by atoms with Gasteiger partial charge in [-0.1, -0.05) is 0 Å². The van der Waals surface area contributed by atoms with Gasteiger partial charge in [-0.25, -0.2) is 0 Å². The zero-order chi connectivity index (χ0) is 5.58. The summed E-state index contributed by atoms with van der Waals surface area (Å²) in [7, 11) is 0. The van der Waals surface area contributed by atoms with E-state index in [2.05, 4.69) is 0 Å². The fourth-order valence-corrected chi connectivity index (χ4v) is 0. The molecule has 0 atom stereocenters. The minimum absolute atomic E-state index is 0. The first-order valence-corrected chi connectivity index (χ1v) is 1.38. The third-order valence-electron chi connectivity index (χ3n) is 0. The molecule has 0 bridgehead atoms. The van der Waals surface area contributed by atoms with Crippen molar-refractivity contribution in [3.05, 3.63) is 0 Å². The Balaban J connectivity index is -0.0000000480. The van der Waals surface area contributed by atoms with Crippen LogP contribution in [0.4, 0.5) is 4.79 Å². The van der Waals surface area contributed by atoms with E-state index in [-0.39, 0.29) is 6.15 Å². The van der Waals surface area contributed by atoms with Gasteiger partial charge in [0, 0.05) is 0 Å². The molecule has 0 amide bonds. The molecule has 0 aliphatic rings. The molecule has 7 heavy (non-hydrogen) atoms. The first-order valence-electron chi connectivity index (χ1n) is 0.814. The van der Waals surface area contributed by atoms with Crippen molar-refractivity contribution in [3.8, 4) is 0 Å². The molecule has 0 radical (unpaired) electrons. The molecule has 0 rings (SSSR count). The van der Waals surface area contributed by atoms with Crippen molar-refractivity contribution in [1.82, 2.24) is 6.15 Å². The Morgan fingerprint density at radius 3 is 1.57 bits per heavy atom. The number of rotatable bonds is 0. The van der Waals surface area contributed by atoms with Crippen molar-refractivity contribution >= 4 is 6.16 Å². The topological polar surface area (TPSA) is 114 Å². The Kier molecular flexibility index (Phi) is 39.9. The van der Waals surface area contributed by atoms with Gasteiger partial charge in [-0.15, -0.1) is 0 Å². The molecular weight excluding hydrogens is 141 g/mol. The SMILES string of the molecule is O=C([O-])O.[NH4+].[O]=[V]. The van der Waals surface area contributed by atoms with E-state index in [0.717, 1.165) is 17.4 Å². The van der Waals surface area contributed by atoms with Gasteiger partial charge < -0.3 is 21.2 Å². The molecule has 0 saturated carbocycles. The molecule has 5 nitrogen and oxygen atoms in total.